The number of nitrogens with one attached hydrogen (secondary N) is 1. The molecule has 37 heavy (non-hydrogen) atoms. The molecule has 9 heteroatoms. The van der Waals surface area contributed by atoms with E-state index in [2.05, 4.69) is 44.2 Å². The molecule has 1 saturated heterocycles. The summed E-state index contributed by atoms with van der Waals surface area (Å²) in [6, 6.07) is 12.2. The quantitative estimate of drug-likeness (QED) is 0.334. The van der Waals surface area contributed by atoms with Gasteiger partial charge < -0.3 is 14.6 Å². The van der Waals surface area contributed by atoms with Crippen LogP contribution in [-0.4, -0.2) is 48.2 Å². The fourth-order valence-corrected chi connectivity index (χ4v) is 5.87. The lowest BCUT2D eigenvalue weighted by atomic mass is 10.0. The van der Waals surface area contributed by atoms with Gasteiger partial charge in [0, 0.05) is 57.1 Å². The summed E-state index contributed by atoms with van der Waals surface area (Å²) in [5, 5.41) is 6.49. The second-order valence-electron chi connectivity index (χ2n) is 9.48. The van der Waals surface area contributed by atoms with Gasteiger partial charge in [0.05, 0.1) is 22.3 Å². The number of likely N-dealkylation sites (tertiary alicyclic amines) is 1. The van der Waals surface area contributed by atoms with Gasteiger partial charge in [-0.15, -0.1) is 11.3 Å². The Morgan fingerprint density at radius 2 is 1.95 bits per heavy atom. The summed E-state index contributed by atoms with van der Waals surface area (Å²) in [4.78, 5) is 20.1. The summed E-state index contributed by atoms with van der Waals surface area (Å²) >= 11 is 13.8. The number of nitrogens with zero attached hydrogens (tertiary/aromatic N) is 3. The van der Waals surface area contributed by atoms with Crippen LogP contribution < -0.4 is 14.9 Å². The van der Waals surface area contributed by atoms with Crippen LogP contribution in [0.1, 0.15) is 36.8 Å². The van der Waals surface area contributed by atoms with Crippen molar-refractivity contribution in [2.75, 3.05) is 26.7 Å². The Hall–Kier alpha value is -2.32. The average Bonchev–Trinajstić information content (AvgIpc) is 3.25. The molecule has 4 rings (SSSR count). The van der Waals surface area contributed by atoms with Crippen molar-refractivity contribution in [3.05, 3.63) is 67.8 Å². The van der Waals surface area contributed by atoms with Crippen LogP contribution in [0.3, 0.4) is 0 Å². The van der Waals surface area contributed by atoms with E-state index in [1.54, 1.807) is 11.3 Å². The van der Waals surface area contributed by atoms with Crippen LogP contribution in [0.2, 0.25) is 10.0 Å². The molecule has 1 N–H and O–H groups in total. The third-order valence-electron chi connectivity index (χ3n) is 6.75. The van der Waals surface area contributed by atoms with Crippen molar-refractivity contribution in [1.29, 1.82) is 0 Å². The van der Waals surface area contributed by atoms with Gasteiger partial charge in [-0.05, 0) is 67.6 Å². The van der Waals surface area contributed by atoms with E-state index in [0.717, 1.165) is 59.8 Å². The molecule has 0 spiro atoms. The Morgan fingerprint density at radius 3 is 2.62 bits per heavy atom. The Balaban J connectivity index is 1.16. The number of halogens is 2. The SMILES string of the molecule is CN=c1scc(-c2ccc(OCCCC(=O)NC3CCN(Cc4ccc(Cl)c(Cl)c4)CC3)cc2C)n1C. The molecule has 1 fully saturated rings. The van der Waals surface area contributed by atoms with Gasteiger partial charge in [-0.2, -0.15) is 0 Å². The lowest BCUT2D eigenvalue weighted by Gasteiger charge is -2.32. The van der Waals surface area contributed by atoms with E-state index in [0.29, 0.717) is 29.5 Å². The fourth-order valence-electron chi connectivity index (χ4n) is 4.68. The molecule has 6 nitrogen and oxygen atoms in total. The number of thiazole rings is 1. The monoisotopic (exact) mass is 560 g/mol. The van der Waals surface area contributed by atoms with Gasteiger partial charge >= 0.3 is 0 Å². The summed E-state index contributed by atoms with van der Waals surface area (Å²) in [6.45, 7) is 5.34. The molecular formula is C28H34Cl2N4O2S. The second-order valence-corrected chi connectivity index (χ2v) is 11.1. The lowest BCUT2D eigenvalue weighted by Crippen LogP contribution is -2.44. The number of amides is 1. The molecule has 1 aromatic heterocycles. The third kappa shape index (κ3) is 7.38. The van der Waals surface area contributed by atoms with Crippen LogP contribution in [0, 0.1) is 6.92 Å². The number of carbonyl (C=O) groups excluding carboxylic acids is 1. The molecule has 198 valence electrons. The van der Waals surface area contributed by atoms with Gasteiger partial charge in [0.25, 0.3) is 0 Å². The normalized spacial score (nSPS) is 15.2. The van der Waals surface area contributed by atoms with Gasteiger partial charge in [0.2, 0.25) is 5.91 Å². The van der Waals surface area contributed by atoms with Gasteiger partial charge in [0.1, 0.15) is 5.75 Å². The van der Waals surface area contributed by atoms with Crippen LogP contribution >= 0.6 is 34.5 Å². The number of aryl methyl sites for hydroxylation is 1. The summed E-state index contributed by atoms with van der Waals surface area (Å²) in [6.07, 6.45) is 3.05. The van der Waals surface area contributed by atoms with Crippen LogP contribution in [0.25, 0.3) is 11.3 Å². The zero-order chi connectivity index (χ0) is 26.4. The first kappa shape index (κ1) is 27.7. The zero-order valence-corrected chi connectivity index (χ0v) is 23.9. The molecule has 0 atom stereocenters. The Labute approximate surface area is 232 Å². The molecule has 0 aliphatic carbocycles. The first-order valence-electron chi connectivity index (χ1n) is 12.6. The maximum absolute atomic E-state index is 12.5. The molecule has 2 heterocycles. The van der Waals surface area contributed by atoms with Gasteiger partial charge in [0.15, 0.2) is 4.80 Å². The van der Waals surface area contributed by atoms with E-state index in [-0.39, 0.29) is 11.9 Å². The predicted octanol–water partition coefficient (Wildman–Crippen LogP) is 5.84. The maximum Gasteiger partial charge on any atom is 0.220 e. The summed E-state index contributed by atoms with van der Waals surface area (Å²) in [5.41, 5.74) is 4.62. The van der Waals surface area contributed by atoms with E-state index in [9.17, 15) is 4.79 Å². The highest BCUT2D eigenvalue weighted by molar-refractivity contribution is 7.07. The first-order valence-corrected chi connectivity index (χ1v) is 14.2. The molecule has 3 aromatic rings. The maximum atomic E-state index is 12.5. The molecule has 1 aliphatic heterocycles. The molecule has 0 unspecified atom stereocenters. The minimum Gasteiger partial charge on any atom is -0.494 e. The molecule has 0 saturated carbocycles. The van der Waals surface area contributed by atoms with Crippen molar-refractivity contribution in [1.82, 2.24) is 14.8 Å². The highest BCUT2D eigenvalue weighted by Crippen LogP contribution is 2.27. The number of benzene rings is 2. The highest BCUT2D eigenvalue weighted by atomic mass is 35.5. The van der Waals surface area contributed by atoms with Crippen LogP contribution in [0.5, 0.6) is 5.75 Å². The van der Waals surface area contributed by atoms with Crippen molar-refractivity contribution >= 4 is 40.4 Å². The van der Waals surface area contributed by atoms with E-state index < -0.39 is 0 Å². The molecule has 1 aliphatic rings. The summed E-state index contributed by atoms with van der Waals surface area (Å²) in [5.74, 6) is 0.925. The highest BCUT2D eigenvalue weighted by Gasteiger charge is 2.21. The minimum absolute atomic E-state index is 0.0974. The van der Waals surface area contributed by atoms with Crippen molar-refractivity contribution in [2.45, 2.75) is 45.2 Å². The number of hydrogen-bond acceptors (Lipinski definition) is 5. The molecule has 2 aromatic carbocycles. The largest absolute Gasteiger partial charge is 0.494 e. The molecular weight excluding hydrogens is 527 g/mol. The van der Waals surface area contributed by atoms with Crippen LogP contribution in [0.4, 0.5) is 0 Å². The van der Waals surface area contributed by atoms with E-state index in [1.165, 1.54) is 5.56 Å². The van der Waals surface area contributed by atoms with Crippen LogP contribution in [-0.2, 0) is 18.4 Å². The number of carbonyl (C=O) groups is 1. The number of ether oxygens (including phenoxy) is 1. The van der Waals surface area contributed by atoms with Gasteiger partial charge in [-0.25, -0.2) is 0 Å². The van der Waals surface area contributed by atoms with E-state index in [4.69, 9.17) is 27.9 Å². The van der Waals surface area contributed by atoms with Gasteiger partial charge in [-0.3, -0.25) is 14.7 Å². The second kappa shape index (κ2) is 13.0. The Kier molecular flexibility index (Phi) is 9.71. The summed E-state index contributed by atoms with van der Waals surface area (Å²) < 4.78 is 8.04. The molecule has 1 amide bonds. The lowest BCUT2D eigenvalue weighted by molar-refractivity contribution is -0.122. The zero-order valence-electron chi connectivity index (χ0n) is 21.6. The number of rotatable bonds is 9. The van der Waals surface area contributed by atoms with Crippen molar-refractivity contribution < 1.29 is 9.53 Å². The number of aromatic nitrogens is 1. The first-order chi connectivity index (χ1) is 17.8. The van der Waals surface area contributed by atoms with Crippen LogP contribution in [0.15, 0.2) is 46.8 Å². The standard InChI is InChI=1S/C28H34Cl2N4O2S/c1-19-15-22(7-8-23(19)26-18-37-28(31-2)33(26)3)36-14-4-5-27(35)32-21-10-12-34(13-11-21)17-20-6-9-24(29)25(30)16-20/h6-9,15-16,18,21H,4-5,10-14,17H2,1-3H3,(H,32,35). The van der Waals surface area contributed by atoms with Crippen molar-refractivity contribution in [2.24, 2.45) is 12.0 Å². The molecule has 0 radical (unpaired) electrons. The van der Waals surface area contributed by atoms with E-state index >= 15 is 0 Å². The number of piperidine rings is 1. The smallest absolute Gasteiger partial charge is 0.220 e. The fraction of sp³-hybridized carbons (Fsp3) is 0.429. The Morgan fingerprint density at radius 1 is 1.16 bits per heavy atom. The summed E-state index contributed by atoms with van der Waals surface area (Å²) in [7, 11) is 3.84. The third-order valence-corrected chi connectivity index (χ3v) is 8.50. The topological polar surface area (TPSA) is 58.9 Å². The average molecular weight is 562 g/mol. The predicted molar refractivity (Wildman–Crippen MR) is 153 cm³/mol. The minimum atomic E-state index is 0.0974. The Bertz CT molecular complexity index is 1300. The number of hydrogen-bond donors (Lipinski definition) is 1. The van der Waals surface area contributed by atoms with Crippen molar-refractivity contribution in [3.63, 3.8) is 0 Å². The van der Waals surface area contributed by atoms with Crippen molar-refractivity contribution in [3.8, 4) is 17.0 Å². The van der Waals surface area contributed by atoms with E-state index in [1.807, 2.05) is 38.4 Å². The molecule has 0 bridgehead atoms. The van der Waals surface area contributed by atoms with Gasteiger partial charge in [-0.1, -0.05) is 29.3 Å².